The molecular formula is C20H26N4O. The lowest BCUT2D eigenvalue weighted by Gasteiger charge is -2.38. The lowest BCUT2D eigenvalue weighted by Crippen LogP contribution is -2.46. The zero-order valence-electron chi connectivity index (χ0n) is 14.9. The molecule has 25 heavy (non-hydrogen) atoms. The van der Waals surface area contributed by atoms with Crippen LogP contribution in [0.1, 0.15) is 38.5 Å². The largest absolute Gasteiger partial charge is 0.356 e. The van der Waals surface area contributed by atoms with Gasteiger partial charge in [-0.05, 0) is 43.7 Å². The molecule has 1 saturated carbocycles. The van der Waals surface area contributed by atoms with E-state index in [4.69, 9.17) is 0 Å². The van der Waals surface area contributed by atoms with Crippen molar-refractivity contribution in [2.75, 3.05) is 25.0 Å². The number of piperidine rings is 1. The Morgan fingerprint density at radius 3 is 2.64 bits per heavy atom. The van der Waals surface area contributed by atoms with Crippen LogP contribution in [0.15, 0.2) is 30.6 Å². The smallest absolute Gasteiger partial charge is 0.222 e. The van der Waals surface area contributed by atoms with Crippen molar-refractivity contribution < 1.29 is 4.79 Å². The molecule has 0 spiro atoms. The van der Waals surface area contributed by atoms with Crippen LogP contribution in [0, 0.1) is 5.92 Å². The number of hydrogen-bond donors (Lipinski definition) is 0. The number of carbonyl (C=O) groups excluding carboxylic acids is 1. The minimum absolute atomic E-state index is 0.329. The van der Waals surface area contributed by atoms with Crippen LogP contribution < -0.4 is 4.90 Å². The summed E-state index contributed by atoms with van der Waals surface area (Å²) in [6, 6.07) is 8.52. The Balaban J connectivity index is 1.40. The molecule has 1 amide bonds. The monoisotopic (exact) mass is 338 g/mol. The average molecular weight is 338 g/mol. The van der Waals surface area contributed by atoms with Gasteiger partial charge in [0.1, 0.15) is 12.1 Å². The van der Waals surface area contributed by atoms with E-state index in [1.807, 2.05) is 30.1 Å². The lowest BCUT2D eigenvalue weighted by atomic mass is 9.82. The van der Waals surface area contributed by atoms with Crippen LogP contribution in [0.5, 0.6) is 0 Å². The Morgan fingerprint density at radius 1 is 1.16 bits per heavy atom. The number of aromatic nitrogens is 2. The highest BCUT2D eigenvalue weighted by Crippen LogP contribution is 2.31. The van der Waals surface area contributed by atoms with Crippen molar-refractivity contribution in [2.45, 2.75) is 44.6 Å². The first-order valence-electron chi connectivity index (χ1n) is 9.42. The topological polar surface area (TPSA) is 49.3 Å². The molecule has 2 fully saturated rings. The molecule has 2 aliphatic rings. The first kappa shape index (κ1) is 16.3. The first-order valence-corrected chi connectivity index (χ1v) is 9.42. The Bertz CT molecular complexity index is 745. The van der Waals surface area contributed by atoms with Crippen LogP contribution in [0.25, 0.3) is 10.9 Å². The molecule has 1 aromatic heterocycles. The predicted octanol–water partition coefficient (Wildman–Crippen LogP) is 3.25. The maximum atomic E-state index is 12.5. The fourth-order valence-corrected chi connectivity index (χ4v) is 4.00. The predicted molar refractivity (Wildman–Crippen MR) is 99.5 cm³/mol. The highest BCUT2D eigenvalue weighted by atomic mass is 16.2. The van der Waals surface area contributed by atoms with Crippen LogP contribution in [-0.2, 0) is 4.79 Å². The van der Waals surface area contributed by atoms with E-state index in [0.717, 1.165) is 49.1 Å². The summed E-state index contributed by atoms with van der Waals surface area (Å²) in [5, 5.41) is 1.11. The van der Waals surface area contributed by atoms with Crippen molar-refractivity contribution in [3.8, 4) is 0 Å². The van der Waals surface area contributed by atoms with Gasteiger partial charge in [-0.2, -0.15) is 0 Å². The molecule has 132 valence electrons. The maximum Gasteiger partial charge on any atom is 0.222 e. The number of rotatable bonds is 4. The molecule has 0 atom stereocenters. The summed E-state index contributed by atoms with van der Waals surface area (Å²) in [7, 11) is 1.99. The van der Waals surface area contributed by atoms with Crippen molar-refractivity contribution in [1.29, 1.82) is 0 Å². The number of amides is 1. The summed E-state index contributed by atoms with van der Waals surface area (Å²) in [5.41, 5.74) is 0.988. The van der Waals surface area contributed by atoms with Gasteiger partial charge in [0.25, 0.3) is 0 Å². The quantitative estimate of drug-likeness (QED) is 0.859. The molecule has 0 unspecified atom stereocenters. The molecule has 5 heteroatoms. The van der Waals surface area contributed by atoms with Gasteiger partial charge in [0.15, 0.2) is 0 Å². The van der Waals surface area contributed by atoms with E-state index >= 15 is 0 Å². The summed E-state index contributed by atoms with van der Waals surface area (Å²) in [4.78, 5) is 25.7. The number of hydrogen-bond acceptors (Lipinski definition) is 4. The Morgan fingerprint density at radius 2 is 1.92 bits per heavy atom. The molecule has 5 nitrogen and oxygen atoms in total. The molecule has 1 saturated heterocycles. The molecule has 0 bridgehead atoms. The number of fused-ring (bicyclic) bond motifs is 1. The SMILES string of the molecule is CN(C(=O)CC1CCC1)C1CCN(c2ncnc3ccccc23)CC1. The summed E-state index contributed by atoms with van der Waals surface area (Å²) >= 11 is 0. The van der Waals surface area contributed by atoms with Gasteiger partial charge in [-0.3, -0.25) is 4.79 Å². The van der Waals surface area contributed by atoms with Crippen LogP contribution >= 0.6 is 0 Å². The van der Waals surface area contributed by atoms with E-state index in [1.165, 1.54) is 19.3 Å². The van der Waals surface area contributed by atoms with Gasteiger partial charge in [-0.15, -0.1) is 0 Å². The molecule has 2 heterocycles. The van der Waals surface area contributed by atoms with Gasteiger partial charge < -0.3 is 9.80 Å². The number of nitrogens with zero attached hydrogens (tertiary/aromatic N) is 4. The van der Waals surface area contributed by atoms with E-state index in [9.17, 15) is 4.79 Å². The van der Waals surface area contributed by atoms with Crippen LogP contribution in [-0.4, -0.2) is 47.0 Å². The van der Waals surface area contributed by atoms with E-state index in [0.29, 0.717) is 17.9 Å². The summed E-state index contributed by atoms with van der Waals surface area (Å²) < 4.78 is 0. The molecule has 4 rings (SSSR count). The van der Waals surface area contributed by atoms with Crippen molar-refractivity contribution in [2.24, 2.45) is 5.92 Å². The Hall–Kier alpha value is -2.17. The standard InChI is InChI=1S/C20H26N4O/c1-23(19(25)13-15-5-4-6-15)16-9-11-24(12-10-16)20-17-7-2-3-8-18(17)21-14-22-20/h2-3,7-8,14-16H,4-6,9-13H2,1H3. The van der Waals surface area contributed by atoms with Crippen molar-refractivity contribution >= 4 is 22.6 Å². The lowest BCUT2D eigenvalue weighted by molar-refractivity contribution is -0.134. The van der Waals surface area contributed by atoms with E-state index in [1.54, 1.807) is 6.33 Å². The maximum absolute atomic E-state index is 12.5. The zero-order valence-corrected chi connectivity index (χ0v) is 14.9. The second-order valence-corrected chi connectivity index (χ2v) is 7.44. The van der Waals surface area contributed by atoms with Crippen LogP contribution in [0.3, 0.4) is 0 Å². The van der Waals surface area contributed by atoms with Gasteiger partial charge >= 0.3 is 0 Å². The number of carbonyl (C=O) groups is 1. The molecule has 1 aliphatic heterocycles. The fraction of sp³-hybridized carbons (Fsp3) is 0.550. The molecular weight excluding hydrogens is 312 g/mol. The third-order valence-electron chi connectivity index (χ3n) is 5.91. The third kappa shape index (κ3) is 3.32. The Labute approximate surface area is 149 Å². The van der Waals surface area contributed by atoms with Gasteiger partial charge in [-0.25, -0.2) is 9.97 Å². The minimum Gasteiger partial charge on any atom is -0.356 e. The fourth-order valence-electron chi connectivity index (χ4n) is 4.00. The first-order chi connectivity index (χ1) is 12.2. The van der Waals surface area contributed by atoms with Gasteiger partial charge in [0.2, 0.25) is 5.91 Å². The summed E-state index contributed by atoms with van der Waals surface area (Å²) in [6.45, 7) is 1.87. The minimum atomic E-state index is 0.329. The molecule has 0 radical (unpaired) electrons. The van der Waals surface area contributed by atoms with E-state index < -0.39 is 0 Å². The highest BCUT2D eigenvalue weighted by molar-refractivity contribution is 5.89. The average Bonchev–Trinajstić information content (AvgIpc) is 2.63. The number of para-hydroxylation sites is 1. The highest BCUT2D eigenvalue weighted by Gasteiger charge is 2.29. The van der Waals surface area contributed by atoms with Crippen LogP contribution in [0.4, 0.5) is 5.82 Å². The van der Waals surface area contributed by atoms with E-state index in [-0.39, 0.29) is 0 Å². The second-order valence-electron chi connectivity index (χ2n) is 7.44. The third-order valence-corrected chi connectivity index (χ3v) is 5.91. The molecule has 1 aromatic carbocycles. The number of anilines is 1. The molecule has 0 N–H and O–H groups in total. The second kappa shape index (κ2) is 6.98. The van der Waals surface area contributed by atoms with Gasteiger partial charge in [0, 0.05) is 38.0 Å². The van der Waals surface area contributed by atoms with Crippen molar-refractivity contribution in [3.63, 3.8) is 0 Å². The zero-order chi connectivity index (χ0) is 17.2. The summed E-state index contributed by atoms with van der Waals surface area (Å²) in [6.07, 6.45) is 8.17. The number of benzene rings is 1. The normalized spacial score (nSPS) is 19.0. The van der Waals surface area contributed by atoms with Crippen molar-refractivity contribution in [3.05, 3.63) is 30.6 Å². The molecule has 1 aliphatic carbocycles. The van der Waals surface area contributed by atoms with Crippen LogP contribution in [0.2, 0.25) is 0 Å². The molecule has 2 aromatic rings. The van der Waals surface area contributed by atoms with E-state index in [2.05, 4.69) is 20.9 Å². The van der Waals surface area contributed by atoms with Gasteiger partial charge in [-0.1, -0.05) is 18.6 Å². The van der Waals surface area contributed by atoms with Gasteiger partial charge in [0.05, 0.1) is 5.52 Å². The van der Waals surface area contributed by atoms with Crippen molar-refractivity contribution in [1.82, 2.24) is 14.9 Å². The Kier molecular flexibility index (Phi) is 4.55. The summed E-state index contributed by atoms with van der Waals surface area (Å²) in [5.74, 6) is 1.99.